The van der Waals surface area contributed by atoms with E-state index in [-0.39, 0.29) is 0 Å². The fourth-order valence-electron chi connectivity index (χ4n) is 1.72. The van der Waals surface area contributed by atoms with Gasteiger partial charge in [-0.15, -0.1) is 0 Å². The summed E-state index contributed by atoms with van der Waals surface area (Å²) in [6.07, 6.45) is 1.65. The summed E-state index contributed by atoms with van der Waals surface area (Å²) in [6, 6.07) is 0. The van der Waals surface area contributed by atoms with Crippen molar-refractivity contribution in [3.8, 4) is 0 Å². The molecule has 1 aromatic rings. The van der Waals surface area contributed by atoms with Gasteiger partial charge in [-0.05, 0) is 0 Å². The molecule has 1 aromatic heterocycles. The Balaban J connectivity index is 2.08. The Morgan fingerprint density at radius 3 is 2.65 bits per heavy atom. The van der Waals surface area contributed by atoms with Crippen molar-refractivity contribution in [2.24, 2.45) is 5.84 Å². The minimum absolute atomic E-state index is 0.293. The van der Waals surface area contributed by atoms with Crippen LogP contribution in [0.1, 0.15) is 0 Å². The predicted octanol–water partition coefficient (Wildman–Crippen LogP) is -1.22. The Hall–Kier alpha value is -1.52. The van der Waals surface area contributed by atoms with Gasteiger partial charge in [0.05, 0.1) is 13.2 Å². The molecule has 0 spiro atoms. The quantitative estimate of drug-likeness (QED) is 0.439. The van der Waals surface area contributed by atoms with E-state index in [2.05, 4.69) is 25.7 Å². The first-order valence-electron chi connectivity index (χ1n) is 6.28. The van der Waals surface area contributed by atoms with Crippen LogP contribution in [0.4, 0.5) is 17.8 Å². The highest BCUT2D eigenvalue weighted by molar-refractivity contribution is 7.84. The third-order valence-electron chi connectivity index (χ3n) is 2.72. The number of rotatable bonds is 6. The van der Waals surface area contributed by atoms with Crippen molar-refractivity contribution in [2.45, 2.75) is 0 Å². The van der Waals surface area contributed by atoms with Crippen molar-refractivity contribution in [2.75, 3.05) is 60.5 Å². The number of aromatic nitrogens is 3. The van der Waals surface area contributed by atoms with Gasteiger partial charge in [-0.2, -0.15) is 15.0 Å². The molecule has 9 nitrogen and oxygen atoms in total. The third kappa shape index (κ3) is 4.25. The minimum Gasteiger partial charge on any atom is -0.378 e. The lowest BCUT2D eigenvalue weighted by molar-refractivity contribution is 0.122. The van der Waals surface area contributed by atoms with E-state index in [0.29, 0.717) is 43.4 Å². The molecule has 0 aliphatic carbocycles. The molecule has 0 amide bonds. The monoisotopic (exact) mass is 301 g/mol. The number of nitrogens with two attached hydrogens (primary N) is 1. The van der Waals surface area contributed by atoms with Crippen LogP contribution in [0.15, 0.2) is 0 Å². The maximum Gasteiger partial charge on any atom is 0.243 e. The molecule has 1 aliphatic rings. The maximum atomic E-state index is 11.0. The molecule has 1 saturated heterocycles. The second-order valence-corrected chi connectivity index (χ2v) is 5.79. The second-order valence-electron chi connectivity index (χ2n) is 4.23. The topological polar surface area (TPSA) is 118 Å². The van der Waals surface area contributed by atoms with Crippen molar-refractivity contribution >= 4 is 28.6 Å². The molecule has 1 aliphatic heterocycles. The van der Waals surface area contributed by atoms with Crippen molar-refractivity contribution in [3.63, 3.8) is 0 Å². The van der Waals surface area contributed by atoms with Gasteiger partial charge in [0.25, 0.3) is 0 Å². The van der Waals surface area contributed by atoms with Gasteiger partial charge in [0.15, 0.2) is 0 Å². The van der Waals surface area contributed by atoms with E-state index < -0.39 is 10.8 Å². The first-order valence-corrected chi connectivity index (χ1v) is 8.01. The van der Waals surface area contributed by atoms with Crippen LogP contribution in [-0.2, 0) is 15.5 Å². The molecular formula is C10H19N7O2S. The standard InChI is InChI=1S/C10H19N7O2S/c1-20(18)7-2-12-8-13-9(16-11)15-10(14-8)17-3-5-19-6-4-17/h2-7,11H2,1H3,(H2,12,13,14,15,16). The fraction of sp³-hybridized carbons (Fsp3) is 0.700. The number of hydrogen-bond donors (Lipinski definition) is 3. The SMILES string of the molecule is CS(=O)CCNc1nc(NN)nc(N2CCOCC2)n1. The largest absolute Gasteiger partial charge is 0.378 e. The third-order valence-corrected chi connectivity index (χ3v) is 3.50. The van der Waals surface area contributed by atoms with E-state index in [1.54, 1.807) is 6.26 Å². The van der Waals surface area contributed by atoms with Crippen LogP contribution in [0.2, 0.25) is 0 Å². The molecule has 1 unspecified atom stereocenters. The molecule has 112 valence electrons. The van der Waals surface area contributed by atoms with Crippen molar-refractivity contribution < 1.29 is 8.95 Å². The molecule has 1 atom stereocenters. The second kappa shape index (κ2) is 7.31. The van der Waals surface area contributed by atoms with Crippen LogP contribution < -0.4 is 21.5 Å². The summed E-state index contributed by atoms with van der Waals surface area (Å²) in [5, 5.41) is 3.02. The summed E-state index contributed by atoms with van der Waals surface area (Å²) in [5.74, 6) is 7.17. The first kappa shape index (κ1) is 14.9. The van der Waals surface area contributed by atoms with Crippen LogP contribution in [0.3, 0.4) is 0 Å². The number of nitrogen functional groups attached to an aromatic ring is 1. The van der Waals surface area contributed by atoms with Gasteiger partial charge in [-0.3, -0.25) is 9.63 Å². The Kier molecular flexibility index (Phi) is 5.44. The Labute approximate surface area is 119 Å². The van der Waals surface area contributed by atoms with Crippen LogP contribution in [-0.4, -0.2) is 64.0 Å². The van der Waals surface area contributed by atoms with E-state index >= 15 is 0 Å². The summed E-state index contributed by atoms with van der Waals surface area (Å²) in [5.41, 5.74) is 2.43. The number of nitrogens with zero attached hydrogens (tertiary/aromatic N) is 4. The summed E-state index contributed by atoms with van der Waals surface area (Å²) in [7, 11) is -0.857. The zero-order valence-electron chi connectivity index (χ0n) is 11.3. The van der Waals surface area contributed by atoms with E-state index in [9.17, 15) is 4.21 Å². The summed E-state index contributed by atoms with van der Waals surface area (Å²) in [4.78, 5) is 14.7. The Morgan fingerprint density at radius 1 is 1.30 bits per heavy atom. The molecular weight excluding hydrogens is 282 g/mol. The summed E-state index contributed by atoms with van der Waals surface area (Å²) < 4.78 is 16.3. The highest BCUT2D eigenvalue weighted by Gasteiger charge is 2.16. The first-order chi connectivity index (χ1) is 9.69. The van der Waals surface area contributed by atoms with E-state index in [1.807, 2.05) is 4.90 Å². The molecule has 2 rings (SSSR count). The molecule has 2 heterocycles. The van der Waals surface area contributed by atoms with E-state index in [0.717, 1.165) is 13.1 Å². The lowest BCUT2D eigenvalue weighted by Crippen LogP contribution is -2.37. The highest BCUT2D eigenvalue weighted by atomic mass is 32.2. The molecule has 10 heteroatoms. The number of hydrazine groups is 1. The summed E-state index contributed by atoms with van der Waals surface area (Å²) in [6.45, 7) is 3.28. The van der Waals surface area contributed by atoms with Crippen molar-refractivity contribution in [1.29, 1.82) is 0 Å². The summed E-state index contributed by atoms with van der Waals surface area (Å²) >= 11 is 0. The average molecular weight is 301 g/mol. The molecule has 0 saturated carbocycles. The van der Waals surface area contributed by atoms with E-state index in [1.165, 1.54) is 0 Å². The molecule has 0 radical (unpaired) electrons. The van der Waals surface area contributed by atoms with Gasteiger partial charge in [0.1, 0.15) is 0 Å². The van der Waals surface area contributed by atoms with Gasteiger partial charge in [0, 0.05) is 42.4 Å². The van der Waals surface area contributed by atoms with Crippen molar-refractivity contribution in [3.05, 3.63) is 0 Å². The number of ether oxygens (including phenoxy) is 1. The normalized spacial score (nSPS) is 16.8. The fourth-order valence-corrected chi connectivity index (χ4v) is 2.11. The van der Waals surface area contributed by atoms with Crippen LogP contribution in [0.5, 0.6) is 0 Å². The van der Waals surface area contributed by atoms with Gasteiger partial charge in [-0.1, -0.05) is 0 Å². The van der Waals surface area contributed by atoms with Crippen LogP contribution in [0, 0.1) is 0 Å². The van der Waals surface area contributed by atoms with Crippen LogP contribution >= 0.6 is 0 Å². The van der Waals surface area contributed by atoms with Crippen molar-refractivity contribution in [1.82, 2.24) is 15.0 Å². The zero-order chi connectivity index (χ0) is 14.4. The maximum absolute atomic E-state index is 11.0. The Morgan fingerprint density at radius 2 is 2.00 bits per heavy atom. The molecule has 4 N–H and O–H groups in total. The van der Waals surface area contributed by atoms with Gasteiger partial charge in [0.2, 0.25) is 17.8 Å². The lowest BCUT2D eigenvalue weighted by atomic mass is 10.4. The highest BCUT2D eigenvalue weighted by Crippen LogP contribution is 2.14. The molecule has 20 heavy (non-hydrogen) atoms. The minimum atomic E-state index is -0.857. The predicted molar refractivity (Wildman–Crippen MR) is 78.1 cm³/mol. The number of hydrogen-bond acceptors (Lipinski definition) is 9. The Bertz CT molecular complexity index is 467. The van der Waals surface area contributed by atoms with Gasteiger partial charge < -0.3 is 15.0 Å². The molecule has 0 aromatic carbocycles. The van der Waals surface area contributed by atoms with Gasteiger partial charge in [-0.25, -0.2) is 5.84 Å². The molecule has 1 fully saturated rings. The average Bonchev–Trinajstić information content (AvgIpc) is 2.47. The smallest absolute Gasteiger partial charge is 0.243 e. The number of anilines is 3. The zero-order valence-corrected chi connectivity index (χ0v) is 12.2. The molecule has 0 bridgehead atoms. The van der Waals surface area contributed by atoms with Gasteiger partial charge >= 0.3 is 0 Å². The number of nitrogens with one attached hydrogen (secondary N) is 2. The van der Waals surface area contributed by atoms with Crippen LogP contribution in [0.25, 0.3) is 0 Å². The number of morpholine rings is 1. The lowest BCUT2D eigenvalue weighted by Gasteiger charge is -2.27. The van der Waals surface area contributed by atoms with E-state index in [4.69, 9.17) is 10.6 Å².